The summed E-state index contributed by atoms with van der Waals surface area (Å²) in [5, 5.41) is 0.583. The van der Waals surface area contributed by atoms with Gasteiger partial charge in [-0.15, -0.1) is 0 Å². The van der Waals surface area contributed by atoms with Crippen LogP contribution < -0.4 is 5.84 Å². The first kappa shape index (κ1) is 15.4. The second-order valence-corrected chi connectivity index (χ2v) is 6.50. The van der Waals surface area contributed by atoms with Crippen molar-refractivity contribution in [2.75, 3.05) is 11.6 Å². The number of thioether (sulfide) groups is 1. The van der Waals surface area contributed by atoms with Crippen LogP contribution in [0.3, 0.4) is 0 Å². The minimum absolute atomic E-state index is 0.180. The molecule has 0 spiro atoms. The third kappa shape index (κ3) is 4.53. The maximum atomic E-state index is 11.7. The predicted molar refractivity (Wildman–Crippen MR) is 84.4 cm³/mol. The van der Waals surface area contributed by atoms with E-state index in [4.69, 9.17) is 10.6 Å². The molecule has 112 valence electrons. The Bertz CT molecular complexity index is 618. The van der Waals surface area contributed by atoms with E-state index in [1.54, 1.807) is 6.20 Å². The maximum absolute atomic E-state index is 11.7. The van der Waals surface area contributed by atoms with Gasteiger partial charge in [-0.2, -0.15) is 0 Å². The summed E-state index contributed by atoms with van der Waals surface area (Å²) < 4.78 is 6.68. The van der Waals surface area contributed by atoms with E-state index in [0.717, 1.165) is 11.3 Å². The number of rotatable bonds is 4. The largest absolute Gasteiger partial charge is 0.459 e. The van der Waals surface area contributed by atoms with Crippen LogP contribution in [0.25, 0.3) is 11.3 Å². The minimum atomic E-state index is -0.481. The van der Waals surface area contributed by atoms with E-state index in [0.29, 0.717) is 5.16 Å². The van der Waals surface area contributed by atoms with Crippen molar-refractivity contribution in [3.8, 4) is 11.3 Å². The molecule has 1 heterocycles. The first-order valence-electron chi connectivity index (χ1n) is 6.60. The Morgan fingerprint density at radius 2 is 2.00 bits per heavy atom. The molecule has 0 saturated heterocycles. The van der Waals surface area contributed by atoms with Crippen molar-refractivity contribution in [2.45, 2.75) is 31.5 Å². The van der Waals surface area contributed by atoms with Crippen LogP contribution in [0, 0.1) is 0 Å². The molecule has 6 heteroatoms. The first-order valence-corrected chi connectivity index (χ1v) is 7.58. The standard InChI is InChI=1S/C15H19N3O2S/c1-15(2,3)20-13(19)10-21-14-17-12(9-18(14)16)11-7-5-4-6-8-11/h4-9H,10,16H2,1-3H3. The molecule has 0 aliphatic rings. The number of hydrogen-bond acceptors (Lipinski definition) is 5. The smallest absolute Gasteiger partial charge is 0.316 e. The molecule has 0 aliphatic heterocycles. The van der Waals surface area contributed by atoms with E-state index in [2.05, 4.69) is 4.98 Å². The van der Waals surface area contributed by atoms with Crippen LogP contribution in [0.5, 0.6) is 0 Å². The van der Waals surface area contributed by atoms with Crippen molar-refractivity contribution in [1.29, 1.82) is 0 Å². The highest BCUT2D eigenvalue weighted by Gasteiger charge is 2.17. The number of esters is 1. The van der Waals surface area contributed by atoms with Gasteiger partial charge in [0.05, 0.1) is 17.6 Å². The van der Waals surface area contributed by atoms with Crippen molar-refractivity contribution in [2.24, 2.45) is 0 Å². The zero-order valence-corrected chi connectivity index (χ0v) is 13.2. The molecule has 0 bridgehead atoms. The molecule has 21 heavy (non-hydrogen) atoms. The summed E-state index contributed by atoms with van der Waals surface area (Å²) in [6.45, 7) is 5.52. The topological polar surface area (TPSA) is 70.1 Å². The zero-order chi connectivity index (χ0) is 15.5. The van der Waals surface area contributed by atoms with Gasteiger partial charge in [0.15, 0.2) is 5.16 Å². The quantitative estimate of drug-likeness (QED) is 0.534. The number of carbonyl (C=O) groups is 1. The number of nitrogens with zero attached hydrogens (tertiary/aromatic N) is 2. The van der Waals surface area contributed by atoms with Gasteiger partial charge in [0.2, 0.25) is 0 Å². The van der Waals surface area contributed by atoms with Gasteiger partial charge in [-0.05, 0) is 20.8 Å². The summed E-state index contributed by atoms with van der Waals surface area (Å²) in [6.07, 6.45) is 1.74. The van der Waals surface area contributed by atoms with Crippen LogP contribution in [-0.4, -0.2) is 27.0 Å². The Labute approximate surface area is 128 Å². The SMILES string of the molecule is CC(C)(C)OC(=O)CSc1nc(-c2ccccc2)cn1N. The number of hydrogen-bond donors (Lipinski definition) is 1. The van der Waals surface area contributed by atoms with Gasteiger partial charge < -0.3 is 10.6 Å². The summed E-state index contributed by atoms with van der Waals surface area (Å²) in [6, 6.07) is 9.76. The van der Waals surface area contributed by atoms with Gasteiger partial charge >= 0.3 is 5.97 Å². The lowest BCUT2D eigenvalue weighted by Gasteiger charge is -2.19. The van der Waals surface area contributed by atoms with E-state index in [1.165, 1.54) is 16.4 Å². The molecule has 2 aromatic rings. The van der Waals surface area contributed by atoms with Crippen LogP contribution in [-0.2, 0) is 9.53 Å². The Balaban J connectivity index is 2.02. The number of nitrogens with two attached hydrogens (primary N) is 1. The summed E-state index contributed by atoms with van der Waals surface area (Å²) in [4.78, 5) is 16.1. The Morgan fingerprint density at radius 3 is 2.62 bits per heavy atom. The molecular weight excluding hydrogens is 286 g/mol. The average Bonchev–Trinajstić information content (AvgIpc) is 2.77. The summed E-state index contributed by atoms with van der Waals surface area (Å²) >= 11 is 1.26. The number of ether oxygens (including phenoxy) is 1. The maximum Gasteiger partial charge on any atom is 0.316 e. The lowest BCUT2D eigenvalue weighted by atomic mass is 10.2. The molecule has 0 saturated carbocycles. The molecule has 0 radical (unpaired) electrons. The van der Waals surface area contributed by atoms with Crippen molar-refractivity contribution < 1.29 is 9.53 Å². The molecule has 2 rings (SSSR count). The molecule has 0 unspecified atom stereocenters. The molecule has 1 aromatic carbocycles. The summed E-state index contributed by atoms with van der Waals surface area (Å²) in [5.41, 5.74) is 1.29. The molecule has 0 fully saturated rings. The van der Waals surface area contributed by atoms with Crippen molar-refractivity contribution in [3.05, 3.63) is 36.5 Å². The third-order valence-electron chi connectivity index (χ3n) is 2.51. The molecule has 5 nitrogen and oxygen atoms in total. The normalized spacial score (nSPS) is 11.4. The second-order valence-electron chi connectivity index (χ2n) is 5.56. The number of benzene rings is 1. The number of nitrogen functional groups attached to an aromatic ring is 1. The lowest BCUT2D eigenvalue weighted by Crippen LogP contribution is -2.25. The van der Waals surface area contributed by atoms with Crippen LogP contribution in [0.1, 0.15) is 20.8 Å². The van der Waals surface area contributed by atoms with Gasteiger partial charge in [0.25, 0.3) is 0 Å². The Kier molecular flexibility index (Phi) is 4.57. The van der Waals surface area contributed by atoms with Gasteiger partial charge in [-0.25, -0.2) is 9.66 Å². The van der Waals surface area contributed by atoms with Gasteiger partial charge in [0, 0.05) is 5.56 Å². The molecular formula is C15H19N3O2S. The van der Waals surface area contributed by atoms with Crippen molar-refractivity contribution in [3.63, 3.8) is 0 Å². The lowest BCUT2D eigenvalue weighted by molar-refractivity contribution is -0.151. The third-order valence-corrected chi connectivity index (χ3v) is 3.45. The van der Waals surface area contributed by atoms with Crippen LogP contribution in [0.2, 0.25) is 0 Å². The predicted octanol–water partition coefficient (Wildman–Crippen LogP) is 2.70. The number of aromatic nitrogens is 2. The van der Waals surface area contributed by atoms with Crippen LogP contribution in [0.15, 0.2) is 41.7 Å². The number of carbonyl (C=O) groups excluding carboxylic acids is 1. The van der Waals surface area contributed by atoms with Crippen LogP contribution >= 0.6 is 11.8 Å². The van der Waals surface area contributed by atoms with Gasteiger partial charge in [-0.3, -0.25) is 4.79 Å². The summed E-state index contributed by atoms with van der Waals surface area (Å²) in [7, 11) is 0. The van der Waals surface area contributed by atoms with Crippen molar-refractivity contribution >= 4 is 17.7 Å². The average molecular weight is 305 g/mol. The highest BCUT2D eigenvalue weighted by atomic mass is 32.2. The molecule has 0 aliphatic carbocycles. The fourth-order valence-electron chi connectivity index (χ4n) is 1.73. The van der Waals surface area contributed by atoms with Gasteiger partial charge in [0.1, 0.15) is 5.60 Å². The fraction of sp³-hybridized carbons (Fsp3) is 0.333. The van der Waals surface area contributed by atoms with E-state index in [9.17, 15) is 4.79 Å². The Morgan fingerprint density at radius 1 is 1.33 bits per heavy atom. The minimum Gasteiger partial charge on any atom is -0.459 e. The highest BCUT2D eigenvalue weighted by molar-refractivity contribution is 7.99. The molecule has 2 N–H and O–H groups in total. The fourth-order valence-corrected chi connectivity index (χ4v) is 2.40. The monoisotopic (exact) mass is 305 g/mol. The van der Waals surface area contributed by atoms with E-state index in [1.807, 2.05) is 51.1 Å². The van der Waals surface area contributed by atoms with Gasteiger partial charge in [-0.1, -0.05) is 42.1 Å². The summed E-state index contributed by atoms with van der Waals surface area (Å²) in [5.74, 6) is 5.77. The first-order chi connectivity index (χ1) is 9.85. The molecule has 1 aromatic heterocycles. The second kappa shape index (κ2) is 6.22. The number of imidazole rings is 1. The van der Waals surface area contributed by atoms with E-state index < -0.39 is 5.60 Å². The van der Waals surface area contributed by atoms with E-state index >= 15 is 0 Å². The molecule has 0 atom stereocenters. The van der Waals surface area contributed by atoms with E-state index in [-0.39, 0.29) is 11.7 Å². The zero-order valence-electron chi connectivity index (χ0n) is 12.4. The Hall–Kier alpha value is -1.95. The van der Waals surface area contributed by atoms with Crippen LogP contribution in [0.4, 0.5) is 0 Å². The molecule has 0 amide bonds. The van der Waals surface area contributed by atoms with Crippen molar-refractivity contribution in [1.82, 2.24) is 9.66 Å². The highest BCUT2D eigenvalue weighted by Crippen LogP contribution is 2.23.